The molecule has 0 spiro atoms. The van der Waals surface area contributed by atoms with Crippen molar-refractivity contribution in [1.29, 1.82) is 0 Å². The second kappa shape index (κ2) is 8.19. The number of hydrogen-bond donors (Lipinski definition) is 2. The van der Waals surface area contributed by atoms with Crippen LogP contribution in [0.1, 0.15) is 45.0 Å². The molecule has 1 rings (SSSR count). The second-order valence-electron chi connectivity index (χ2n) is 5.13. The van der Waals surface area contributed by atoms with Crippen molar-refractivity contribution in [2.24, 2.45) is 0 Å². The maximum Gasteiger partial charge on any atom is 0.174 e. The van der Waals surface area contributed by atoms with Crippen LogP contribution in [0.2, 0.25) is 0 Å². The monoisotopic (exact) mass is 303 g/mol. The van der Waals surface area contributed by atoms with E-state index in [1.807, 2.05) is 6.92 Å². The van der Waals surface area contributed by atoms with E-state index in [4.69, 9.17) is 0 Å². The third kappa shape index (κ3) is 5.77. The zero-order valence-electron chi connectivity index (χ0n) is 12.3. The number of rotatable bonds is 9. The normalized spacial score (nSPS) is 14.8. The second-order valence-corrected chi connectivity index (χ2v) is 7.65. The molecule has 6 heteroatoms. The van der Waals surface area contributed by atoms with Crippen LogP contribution in [0, 0.1) is 6.92 Å². The molecule has 0 fully saturated rings. The molecule has 1 aromatic rings. The minimum Gasteiger partial charge on any atom is -0.394 e. The van der Waals surface area contributed by atoms with Crippen molar-refractivity contribution >= 4 is 23.1 Å². The summed E-state index contributed by atoms with van der Waals surface area (Å²) in [6, 6.07) is 0.394. The SMILES string of the molecule is CCC(CO)(CCCSc1nnc(C)s1)NC(C)C. The highest BCUT2D eigenvalue weighted by molar-refractivity contribution is 8.01. The molecule has 110 valence electrons. The molecule has 0 aliphatic carbocycles. The highest BCUT2D eigenvalue weighted by atomic mass is 32.2. The lowest BCUT2D eigenvalue weighted by molar-refractivity contribution is 0.137. The first-order valence-corrected chi connectivity index (χ1v) is 8.63. The van der Waals surface area contributed by atoms with Gasteiger partial charge in [0, 0.05) is 17.3 Å². The van der Waals surface area contributed by atoms with Crippen molar-refractivity contribution in [2.75, 3.05) is 12.4 Å². The summed E-state index contributed by atoms with van der Waals surface area (Å²) in [5.74, 6) is 1.02. The first-order valence-electron chi connectivity index (χ1n) is 6.83. The molecule has 0 aliphatic heterocycles. The van der Waals surface area contributed by atoms with Crippen LogP contribution in [0.25, 0.3) is 0 Å². The highest BCUT2D eigenvalue weighted by Gasteiger charge is 2.27. The predicted octanol–water partition coefficient (Wildman–Crippen LogP) is 2.86. The predicted molar refractivity (Wildman–Crippen MR) is 83.0 cm³/mol. The fourth-order valence-electron chi connectivity index (χ4n) is 2.11. The lowest BCUT2D eigenvalue weighted by Crippen LogP contribution is -2.51. The maximum absolute atomic E-state index is 9.66. The third-order valence-electron chi connectivity index (χ3n) is 3.11. The molecule has 1 heterocycles. The Kier molecular flexibility index (Phi) is 7.28. The van der Waals surface area contributed by atoms with Gasteiger partial charge in [-0.3, -0.25) is 0 Å². The Labute approximate surface area is 124 Å². The molecule has 19 heavy (non-hydrogen) atoms. The summed E-state index contributed by atoms with van der Waals surface area (Å²) in [6.07, 6.45) is 3.00. The van der Waals surface area contributed by atoms with Crippen molar-refractivity contribution in [3.05, 3.63) is 5.01 Å². The van der Waals surface area contributed by atoms with Crippen LogP contribution in [0.3, 0.4) is 0 Å². The third-order valence-corrected chi connectivity index (χ3v) is 5.17. The molecule has 2 N–H and O–H groups in total. The molecule has 1 atom stereocenters. The molecular formula is C13H25N3OS2. The van der Waals surface area contributed by atoms with E-state index < -0.39 is 0 Å². The maximum atomic E-state index is 9.66. The average molecular weight is 303 g/mol. The van der Waals surface area contributed by atoms with Gasteiger partial charge in [-0.2, -0.15) is 0 Å². The number of hydrogen-bond acceptors (Lipinski definition) is 6. The van der Waals surface area contributed by atoms with Crippen LogP contribution in [0.15, 0.2) is 4.34 Å². The van der Waals surface area contributed by atoms with E-state index in [0.29, 0.717) is 6.04 Å². The lowest BCUT2D eigenvalue weighted by atomic mass is 9.91. The van der Waals surface area contributed by atoms with E-state index in [-0.39, 0.29) is 12.1 Å². The molecule has 0 saturated carbocycles. The van der Waals surface area contributed by atoms with Crippen molar-refractivity contribution in [3.8, 4) is 0 Å². The molecule has 4 nitrogen and oxygen atoms in total. The van der Waals surface area contributed by atoms with E-state index in [1.165, 1.54) is 0 Å². The Balaban J connectivity index is 2.35. The summed E-state index contributed by atoms with van der Waals surface area (Å²) in [7, 11) is 0. The van der Waals surface area contributed by atoms with E-state index in [9.17, 15) is 5.11 Å². The van der Waals surface area contributed by atoms with Gasteiger partial charge < -0.3 is 10.4 Å². The summed E-state index contributed by atoms with van der Waals surface area (Å²) < 4.78 is 1.04. The van der Waals surface area contributed by atoms with Crippen molar-refractivity contribution in [2.45, 2.75) is 62.9 Å². The fraction of sp³-hybridized carbons (Fsp3) is 0.846. The minimum absolute atomic E-state index is 0.133. The van der Waals surface area contributed by atoms with E-state index in [2.05, 4.69) is 36.3 Å². The Hall–Kier alpha value is -0.170. The smallest absolute Gasteiger partial charge is 0.174 e. The van der Waals surface area contributed by atoms with Gasteiger partial charge in [-0.25, -0.2) is 0 Å². The van der Waals surface area contributed by atoms with Crippen LogP contribution in [-0.4, -0.2) is 39.2 Å². The summed E-state index contributed by atoms with van der Waals surface area (Å²) in [6.45, 7) is 8.55. The number of nitrogens with one attached hydrogen (secondary N) is 1. The number of aliphatic hydroxyl groups is 1. The van der Waals surface area contributed by atoms with Gasteiger partial charge >= 0.3 is 0 Å². The minimum atomic E-state index is -0.133. The molecule has 0 aromatic carbocycles. The van der Waals surface area contributed by atoms with Crippen molar-refractivity contribution in [1.82, 2.24) is 15.5 Å². The number of aryl methyl sites for hydroxylation is 1. The van der Waals surface area contributed by atoms with Gasteiger partial charge in [0.15, 0.2) is 4.34 Å². The molecular weight excluding hydrogens is 278 g/mol. The van der Waals surface area contributed by atoms with Gasteiger partial charge in [-0.15, -0.1) is 10.2 Å². The van der Waals surface area contributed by atoms with Crippen molar-refractivity contribution < 1.29 is 5.11 Å². The Bertz CT molecular complexity index is 365. The van der Waals surface area contributed by atoms with Gasteiger partial charge in [-0.1, -0.05) is 43.9 Å². The van der Waals surface area contributed by atoms with E-state index in [0.717, 1.165) is 34.4 Å². The standard InChI is InChI=1S/C13H25N3OS2/c1-5-13(9-17,14-10(2)3)7-6-8-18-12-16-15-11(4)19-12/h10,14,17H,5-9H2,1-4H3. The number of thioether (sulfide) groups is 1. The van der Waals surface area contributed by atoms with Gasteiger partial charge in [-0.05, 0) is 26.2 Å². The van der Waals surface area contributed by atoms with Gasteiger partial charge in [0.05, 0.1) is 6.61 Å². The van der Waals surface area contributed by atoms with E-state index >= 15 is 0 Å². The van der Waals surface area contributed by atoms with Crippen LogP contribution in [-0.2, 0) is 0 Å². The zero-order valence-corrected chi connectivity index (χ0v) is 13.9. The summed E-state index contributed by atoms with van der Waals surface area (Å²) in [5, 5.41) is 22.3. The van der Waals surface area contributed by atoms with E-state index in [1.54, 1.807) is 23.1 Å². The first kappa shape index (κ1) is 16.9. The molecule has 0 saturated heterocycles. The number of aliphatic hydroxyl groups excluding tert-OH is 1. The highest BCUT2D eigenvalue weighted by Crippen LogP contribution is 2.25. The average Bonchev–Trinajstić information content (AvgIpc) is 2.78. The topological polar surface area (TPSA) is 58.0 Å². The lowest BCUT2D eigenvalue weighted by Gasteiger charge is -2.34. The zero-order chi connectivity index (χ0) is 14.3. The summed E-state index contributed by atoms with van der Waals surface area (Å²) in [4.78, 5) is 0. The molecule has 0 aliphatic rings. The molecule has 0 radical (unpaired) electrons. The van der Waals surface area contributed by atoms with Gasteiger partial charge in [0.2, 0.25) is 0 Å². The molecule has 1 aromatic heterocycles. The Morgan fingerprint density at radius 3 is 2.63 bits per heavy atom. The van der Waals surface area contributed by atoms with Crippen LogP contribution in [0.4, 0.5) is 0 Å². The van der Waals surface area contributed by atoms with Crippen LogP contribution in [0.5, 0.6) is 0 Å². The molecule has 0 bridgehead atoms. The van der Waals surface area contributed by atoms with Crippen molar-refractivity contribution in [3.63, 3.8) is 0 Å². The van der Waals surface area contributed by atoms with Gasteiger partial charge in [0.1, 0.15) is 5.01 Å². The largest absolute Gasteiger partial charge is 0.394 e. The summed E-state index contributed by atoms with van der Waals surface area (Å²) in [5.41, 5.74) is -0.133. The fourth-order valence-corrected chi connectivity index (χ4v) is 3.93. The Morgan fingerprint density at radius 2 is 2.16 bits per heavy atom. The number of nitrogens with zero attached hydrogens (tertiary/aromatic N) is 2. The summed E-state index contributed by atoms with van der Waals surface area (Å²) >= 11 is 3.40. The van der Waals surface area contributed by atoms with Crippen LogP contribution < -0.4 is 5.32 Å². The van der Waals surface area contributed by atoms with Crippen LogP contribution >= 0.6 is 23.1 Å². The Morgan fingerprint density at radius 1 is 1.42 bits per heavy atom. The van der Waals surface area contributed by atoms with Gasteiger partial charge in [0.25, 0.3) is 0 Å². The number of aromatic nitrogens is 2. The first-order chi connectivity index (χ1) is 9.01. The molecule has 0 amide bonds. The molecule has 1 unspecified atom stereocenters. The quantitative estimate of drug-likeness (QED) is 0.543.